The van der Waals surface area contributed by atoms with Crippen molar-refractivity contribution in [2.24, 2.45) is 5.41 Å². The van der Waals surface area contributed by atoms with E-state index in [1.165, 1.54) is 51.0 Å². The Labute approximate surface area is 143 Å². The molecule has 1 N–H and O–H groups in total. The molecule has 0 aromatic heterocycles. The van der Waals surface area contributed by atoms with Crippen LogP contribution in [-0.2, 0) is 6.54 Å². The van der Waals surface area contributed by atoms with E-state index < -0.39 is 0 Å². The first kappa shape index (κ1) is 16.7. The summed E-state index contributed by atoms with van der Waals surface area (Å²) in [7, 11) is 1.72. The molecule has 6 heteroatoms. The molecule has 2 saturated heterocycles. The summed E-state index contributed by atoms with van der Waals surface area (Å²) >= 11 is 0. The maximum absolute atomic E-state index is 5.55. The molecular formula is C17H25ClN2O3. The summed E-state index contributed by atoms with van der Waals surface area (Å²) in [5, 5.41) is 3.48. The van der Waals surface area contributed by atoms with Gasteiger partial charge in [0.2, 0.25) is 6.79 Å². The monoisotopic (exact) mass is 340 g/mol. The minimum Gasteiger partial charge on any atom is -0.496 e. The molecule has 0 bridgehead atoms. The highest BCUT2D eigenvalue weighted by atomic mass is 35.5. The fraction of sp³-hybridized carbons (Fsp3) is 0.647. The standard InChI is InChI=1S/C17H24N2O3.ClH/c1-20-14-9-16-15(21-12-22-16)8-13(14)10-19-7-4-17(11-19)2-5-18-6-3-17;/h8-9,18H,2-7,10-12H2,1H3;1H. The summed E-state index contributed by atoms with van der Waals surface area (Å²) in [6.07, 6.45) is 3.94. The molecule has 3 aliphatic rings. The Morgan fingerprint density at radius 2 is 1.91 bits per heavy atom. The van der Waals surface area contributed by atoms with Crippen LogP contribution in [0.4, 0.5) is 0 Å². The molecule has 1 spiro atoms. The number of halogens is 1. The SMILES string of the molecule is COc1cc2c(cc1CN1CCC3(CCNCC3)C1)OCO2.Cl. The van der Waals surface area contributed by atoms with Crippen molar-refractivity contribution in [2.45, 2.75) is 25.8 Å². The van der Waals surface area contributed by atoms with E-state index in [4.69, 9.17) is 14.2 Å². The lowest BCUT2D eigenvalue weighted by atomic mass is 9.78. The molecule has 0 unspecified atom stereocenters. The summed E-state index contributed by atoms with van der Waals surface area (Å²) in [4.78, 5) is 2.56. The van der Waals surface area contributed by atoms with E-state index in [-0.39, 0.29) is 12.4 Å². The molecule has 3 heterocycles. The Morgan fingerprint density at radius 3 is 2.65 bits per heavy atom. The van der Waals surface area contributed by atoms with E-state index in [9.17, 15) is 0 Å². The molecule has 0 saturated carbocycles. The van der Waals surface area contributed by atoms with Gasteiger partial charge in [0.1, 0.15) is 5.75 Å². The quantitative estimate of drug-likeness (QED) is 0.915. The van der Waals surface area contributed by atoms with Crippen molar-refractivity contribution in [1.82, 2.24) is 10.2 Å². The van der Waals surface area contributed by atoms with Crippen LogP contribution >= 0.6 is 12.4 Å². The summed E-state index contributed by atoms with van der Waals surface area (Å²) < 4.78 is 16.5. The average molecular weight is 341 g/mol. The van der Waals surface area contributed by atoms with Gasteiger partial charge in [0, 0.05) is 24.7 Å². The predicted molar refractivity (Wildman–Crippen MR) is 90.8 cm³/mol. The summed E-state index contributed by atoms with van der Waals surface area (Å²) in [5.74, 6) is 2.53. The second-order valence-corrected chi connectivity index (χ2v) is 6.73. The van der Waals surface area contributed by atoms with Gasteiger partial charge in [-0.05, 0) is 50.4 Å². The van der Waals surface area contributed by atoms with Crippen molar-refractivity contribution in [2.75, 3.05) is 40.1 Å². The summed E-state index contributed by atoms with van der Waals surface area (Å²) in [5.41, 5.74) is 1.73. The van der Waals surface area contributed by atoms with Crippen LogP contribution in [0.25, 0.3) is 0 Å². The molecule has 4 rings (SSSR count). The third-order valence-corrected chi connectivity index (χ3v) is 5.35. The molecule has 0 aliphatic carbocycles. The summed E-state index contributed by atoms with van der Waals surface area (Å²) in [6, 6.07) is 4.03. The number of rotatable bonds is 3. The fourth-order valence-corrected chi connectivity index (χ4v) is 4.05. The topological polar surface area (TPSA) is 43.0 Å². The lowest BCUT2D eigenvalue weighted by Crippen LogP contribution is -2.38. The van der Waals surface area contributed by atoms with Crippen molar-refractivity contribution in [3.63, 3.8) is 0 Å². The van der Waals surface area contributed by atoms with Gasteiger partial charge in [0.15, 0.2) is 11.5 Å². The highest BCUT2D eigenvalue weighted by Crippen LogP contribution is 2.42. The van der Waals surface area contributed by atoms with Crippen LogP contribution in [0, 0.1) is 5.41 Å². The number of likely N-dealkylation sites (tertiary alicyclic amines) is 1. The normalized spacial score (nSPS) is 22.1. The Bertz CT molecular complexity index is 561. The van der Waals surface area contributed by atoms with Crippen LogP contribution < -0.4 is 19.5 Å². The molecular weight excluding hydrogens is 316 g/mol. The maximum atomic E-state index is 5.55. The van der Waals surface area contributed by atoms with Crippen LogP contribution in [0.2, 0.25) is 0 Å². The Kier molecular flexibility index (Phi) is 4.90. The number of nitrogens with one attached hydrogen (secondary N) is 1. The van der Waals surface area contributed by atoms with Crippen molar-refractivity contribution < 1.29 is 14.2 Å². The van der Waals surface area contributed by atoms with Crippen molar-refractivity contribution in [3.8, 4) is 17.2 Å². The van der Waals surface area contributed by atoms with Gasteiger partial charge in [-0.15, -0.1) is 12.4 Å². The largest absolute Gasteiger partial charge is 0.496 e. The zero-order valence-electron chi connectivity index (χ0n) is 13.6. The molecule has 1 aromatic carbocycles. The lowest BCUT2D eigenvalue weighted by molar-refractivity contribution is 0.173. The van der Waals surface area contributed by atoms with Gasteiger partial charge in [-0.25, -0.2) is 0 Å². The molecule has 128 valence electrons. The van der Waals surface area contributed by atoms with E-state index in [0.29, 0.717) is 12.2 Å². The molecule has 5 nitrogen and oxygen atoms in total. The van der Waals surface area contributed by atoms with E-state index in [1.807, 2.05) is 6.07 Å². The smallest absolute Gasteiger partial charge is 0.231 e. The van der Waals surface area contributed by atoms with Gasteiger partial charge < -0.3 is 19.5 Å². The predicted octanol–water partition coefficient (Wildman–Crippen LogP) is 2.42. The van der Waals surface area contributed by atoms with E-state index in [2.05, 4.69) is 16.3 Å². The number of nitrogens with zero attached hydrogens (tertiary/aromatic N) is 1. The summed E-state index contributed by atoms with van der Waals surface area (Å²) in [6.45, 7) is 5.95. The van der Waals surface area contributed by atoms with Crippen molar-refractivity contribution >= 4 is 12.4 Å². The number of hydrogen-bond donors (Lipinski definition) is 1. The average Bonchev–Trinajstić information content (AvgIpc) is 3.14. The highest BCUT2D eigenvalue weighted by Gasteiger charge is 2.38. The molecule has 0 amide bonds. The first-order chi connectivity index (χ1) is 10.8. The number of benzene rings is 1. The second kappa shape index (κ2) is 6.75. The first-order valence-electron chi connectivity index (χ1n) is 8.18. The number of ether oxygens (including phenoxy) is 3. The fourth-order valence-electron chi connectivity index (χ4n) is 4.05. The molecule has 0 atom stereocenters. The zero-order valence-corrected chi connectivity index (χ0v) is 14.4. The molecule has 23 heavy (non-hydrogen) atoms. The van der Waals surface area contributed by atoms with Gasteiger partial charge in [0.05, 0.1) is 7.11 Å². The Balaban J connectivity index is 0.00000156. The highest BCUT2D eigenvalue weighted by molar-refractivity contribution is 5.85. The second-order valence-electron chi connectivity index (χ2n) is 6.73. The third-order valence-electron chi connectivity index (χ3n) is 5.35. The zero-order chi connectivity index (χ0) is 15.0. The first-order valence-corrected chi connectivity index (χ1v) is 8.18. The number of piperidine rings is 1. The molecule has 0 radical (unpaired) electrons. The van der Waals surface area contributed by atoms with E-state index in [1.54, 1.807) is 7.11 Å². The van der Waals surface area contributed by atoms with Gasteiger partial charge in [0.25, 0.3) is 0 Å². The van der Waals surface area contributed by atoms with Crippen molar-refractivity contribution in [1.29, 1.82) is 0 Å². The Hall–Kier alpha value is -1.17. The minimum absolute atomic E-state index is 0. The van der Waals surface area contributed by atoms with E-state index >= 15 is 0 Å². The van der Waals surface area contributed by atoms with Crippen LogP contribution in [0.1, 0.15) is 24.8 Å². The molecule has 3 aliphatic heterocycles. The number of fused-ring (bicyclic) bond motifs is 1. The lowest BCUT2D eigenvalue weighted by Gasteiger charge is -2.34. The molecule has 1 aromatic rings. The van der Waals surface area contributed by atoms with Crippen LogP contribution in [0.15, 0.2) is 12.1 Å². The van der Waals surface area contributed by atoms with Crippen LogP contribution in [0.5, 0.6) is 17.2 Å². The Morgan fingerprint density at radius 1 is 1.17 bits per heavy atom. The van der Waals surface area contributed by atoms with Gasteiger partial charge in [-0.2, -0.15) is 0 Å². The van der Waals surface area contributed by atoms with Crippen molar-refractivity contribution in [3.05, 3.63) is 17.7 Å². The van der Waals surface area contributed by atoms with E-state index in [0.717, 1.165) is 23.8 Å². The van der Waals surface area contributed by atoms with Gasteiger partial charge >= 0.3 is 0 Å². The number of methoxy groups -OCH3 is 1. The van der Waals surface area contributed by atoms with Gasteiger partial charge in [-0.1, -0.05) is 0 Å². The van der Waals surface area contributed by atoms with Gasteiger partial charge in [-0.3, -0.25) is 4.90 Å². The maximum Gasteiger partial charge on any atom is 0.231 e. The van der Waals surface area contributed by atoms with Crippen LogP contribution in [0.3, 0.4) is 0 Å². The third kappa shape index (κ3) is 3.23. The molecule has 2 fully saturated rings. The minimum atomic E-state index is 0. The number of hydrogen-bond acceptors (Lipinski definition) is 5. The van der Waals surface area contributed by atoms with Crippen LogP contribution in [-0.4, -0.2) is 45.0 Å².